The second-order valence-corrected chi connectivity index (χ2v) is 12.1. The third-order valence-electron chi connectivity index (χ3n) is 6.38. The van der Waals surface area contributed by atoms with Crippen LogP contribution in [-0.4, -0.2) is 23.3 Å². The van der Waals surface area contributed by atoms with Crippen molar-refractivity contribution in [3.05, 3.63) is 118 Å². The van der Waals surface area contributed by atoms with Crippen LogP contribution in [0.15, 0.2) is 95.4 Å². The van der Waals surface area contributed by atoms with Crippen molar-refractivity contribution >= 4 is 48.5 Å². The van der Waals surface area contributed by atoms with Gasteiger partial charge in [-0.3, -0.25) is 9.46 Å². The third-order valence-corrected chi connectivity index (χ3v) is 8.29. The highest BCUT2D eigenvalue weighted by atomic mass is 35.5. The van der Waals surface area contributed by atoms with E-state index in [1.165, 1.54) is 19.2 Å². The third kappa shape index (κ3) is 7.86. The number of hydrogen-bond acceptors (Lipinski definition) is 10. The fourth-order valence-corrected chi connectivity index (χ4v) is 5.28. The Morgan fingerprint density at radius 2 is 1.56 bits per heavy atom. The highest BCUT2D eigenvalue weighted by molar-refractivity contribution is 7.52. The number of hydrogen-bond donors (Lipinski definition) is 0. The van der Waals surface area contributed by atoms with E-state index >= 15 is 0 Å². The minimum atomic E-state index is -4.54. The molecule has 45 heavy (non-hydrogen) atoms. The fraction of sp³-hybridized carbons (Fsp3) is 0.100. The number of esters is 1. The molecule has 232 valence electrons. The highest BCUT2D eigenvalue weighted by Crippen LogP contribution is 2.52. The lowest BCUT2D eigenvalue weighted by atomic mass is 10.1. The van der Waals surface area contributed by atoms with Crippen LogP contribution in [0.5, 0.6) is 11.5 Å². The molecule has 5 rings (SSSR count). The van der Waals surface area contributed by atoms with Crippen molar-refractivity contribution in [2.45, 2.75) is 12.7 Å². The van der Waals surface area contributed by atoms with E-state index < -0.39 is 19.7 Å². The molecule has 5 aromatic rings. The molecule has 15 heteroatoms. The zero-order chi connectivity index (χ0) is 32.0. The molecule has 0 unspecified atom stereocenters. The van der Waals surface area contributed by atoms with Crippen LogP contribution < -0.4 is 9.64 Å². The Bertz CT molecular complexity index is 1850. The van der Waals surface area contributed by atoms with E-state index in [1.54, 1.807) is 83.8 Å². The summed E-state index contributed by atoms with van der Waals surface area (Å²) < 4.78 is 60.0. The van der Waals surface area contributed by atoms with Crippen LogP contribution in [0, 0.1) is 0 Å². The summed E-state index contributed by atoms with van der Waals surface area (Å²) in [6.45, 7) is 0.191. The summed E-state index contributed by atoms with van der Waals surface area (Å²) in [5.41, 5.74) is 2.51. The quantitative estimate of drug-likeness (QED) is 0.0935. The summed E-state index contributed by atoms with van der Waals surface area (Å²) in [5.74, 6) is 0.581. The molecule has 0 bridgehead atoms. The van der Waals surface area contributed by atoms with E-state index in [2.05, 4.69) is 19.7 Å². The van der Waals surface area contributed by atoms with Crippen LogP contribution in [0.4, 0.5) is 20.8 Å². The lowest BCUT2D eigenvalue weighted by Gasteiger charge is -2.21. The van der Waals surface area contributed by atoms with Gasteiger partial charge in [-0.15, -0.1) is 14.6 Å². The van der Waals surface area contributed by atoms with E-state index in [9.17, 15) is 18.4 Å². The number of carbonyl (C=O) groups is 1. The van der Waals surface area contributed by atoms with Crippen molar-refractivity contribution in [3.63, 3.8) is 0 Å². The molecule has 0 radical (unpaired) electrons. The number of nitrogens with zero attached hydrogens (tertiary/aromatic N) is 3. The van der Waals surface area contributed by atoms with Crippen LogP contribution in [0.25, 0.3) is 11.5 Å². The van der Waals surface area contributed by atoms with Crippen molar-refractivity contribution in [2.24, 2.45) is 0 Å². The van der Waals surface area contributed by atoms with Gasteiger partial charge >= 0.3 is 19.6 Å². The Morgan fingerprint density at radius 3 is 2.24 bits per heavy atom. The number of anilines is 2. The molecule has 0 amide bonds. The standard InChI is InChI=1S/C30H22Cl2F2N3O7P/c1-40-29(38)22-5-3-7-25(15-22)41-24-6-2-4-21(14-24)28-35-36-30(42-28)37(23-12-13-26(31)27(32)16-23)17-19-8-10-20(11-9-19)18-45(39,43-33)44-34/h2-16H,17-18H2,1H3. The average Bonchev–Trinajstić information content (AvgIpc) is 3.56. The van der Waals surface area contributed by atoms with Gasteiger partial charge in [0, 0.05) is 11.3 Å². The Hall–Kier alpha value is -4.32. The molecule has 0 saturated heterocycles. The smallest absolute Gasteiger partial charge is 0.399 e. The summed E-state index contributed by atoms with van der Waals surface area (Å²) >= 11 is 12.4. The van der Waals surface area contributed by atoms with Gasteiger partial charge in [0.1, 0.15) is 11.5 Å². The monoisotopic (exact) mass is 675 g/mol. The normalized spacial score (nSPS) is 11.3. The van der Waals surface area contributed by atoms with Crippen molar-refractivity contribution in [1.29, 1.82) is 0 Å². The molecular weight excluding hydrogens is 654 g/mol. The van der Waals surface area contributed by atoms with Crippen molar-refractivity contribution in [1.82, 2.24) is 10.2 Å². The van der Waals surface area contributed by atoms with Gasteiger partial charge in [0.05, 0.1) is 35.4 Å². The molecule has 1 heterocycles. The number of benzene rings is 4. The fourth-order valence-electron chi connectivity index (χ4n) is 4.21. The number of aromatic nitrogens is 2. The molecule has 0 atom stereocenters. The van der Waals surface area contributed by atoms with Crippen LogP contribution in [-0.2, 0) is 31.5 Å². The second kappa shape index (κ2) is 14.2. The van der Waals surface area contributed by atoms with Crippen molar-refractivity contribution in [2.75, 3.05) is 12.0 Å². The minimum absolute atomic E-state index is 0.116. The number of halogens is 4. The van der Waals surface area contributed by atoms with Crippen LogP contribution in [0.1, 0.15) is 21.5 Å². The zero-order valence-corrected chi connectivity index (χ0v) is 25.6. The predicted molar refractivity (Wildman–Crippen MR) is 162 cm³/mol. The van der Waals surface area contributed by atoms with Crippen LogP contribution in [0.2, 0.25) is 10.0 Å². The van der Waals surface area contributed by atoms with Gasteiger partial charge in [0.25, 0.3) is 0 Å². The molecule has 0 saturated carbocycles. The Labute approximate surface area is 265 Å². The number of rotatable bonds is 12. The maximum Gasteiger partial charge on any atom is 0.399 e. The maximum absolute atomic E-state index is 12.5. The lowest BCUT2D eigenvalue weighted by Crippen LogP contribution is -2.17. The molecule has 0 aliphatic rings. The topological polar surface area (TPSA) is 113 Å². The summed E-state index contributed by atoms with van der Waals surface area (Å²) in [5, 5.41) is 9.11. The number of carbonyl (C=O) groups excluding carboxylic acids is 1. The summed E-state index contributed by atoms with van der Waals surface area (Å²) in [6.07, 6.45) is -0.608. The Balaban J connectivity index is 1.41. The molecule has 0 N–H and O–H groups in total. The van der Waals surface area contributed by atoms with Crippen molar-refractivity contribution < 1.29 is 41.8 Å². The van der Waals surface area contributed by atoms with Gasteiger partial charge in [-0.05, 0) is 74.8 Å². The van der Waals surface area contributed by atoms with E-state index in [4.69, 9.17) is 37.1 Å². The SMILES string of the molecule is COC(=O)c1cccc(Oc2cccc(-c3nnc(N(Cc4ccc(CP(=O)(OF)OF)cc4)c4ccc(Cl)c(Cl)c4)o3)c2)c1. The lowest BCUT2D eigenvalue weighted by molar-refractivity contribution is -0.0881. The molecule has 0 aliphatic heterocycles. The van der Waals surface area contributed by atoms with Crippen LogP contribution >= 0.6 is 30.8 Å². The molecule has 0 spiro atoms. The first-order chi connectivity index (χ1) is 21.7. The highest BCUT2D eigenvalue weighted by Gasteiger charge is 2.28. The maximum atomic E-state index is 12.5. The van der Waals surface area contributed by atoms with Crippen LogP contribution in [0.3, 0.4) is 0 Å². The molecular formula is C30H22Cl2F2N3O7P. The van der Waals surface area contributed by atoms with E-state index in [-0.39, 0.29) is 18.5 Å². The molecule has 1 aromatic heterocycles. The Morgan fingerprint density at radius 1 is 0.867 bits per heavy atom. The number of methoxy groups -OCH3 is 1. The minimum Gasteiger partial charge on any atom is -0.465 e. The van der Waals surface area contributed by atoms with Gasteiger partial charge in [0.15, 0.2) is 0 Å². The number of ether oxygens (including phenoxy) is 2. The largest absolute Gasteiger partial charge is 0.465 e. The van der Waals surface area contributed by atoms with Gasteiger partial charge in [0.2, 0.25) is 5.89 Å². The van der Waals surface area contributed by atoms with Gasteiger partial charge in [-0.25, -0.2) is 4.79 Å². The van der Waals surface area contributed by atoms with E-state index in [0.29, 0.717) is 49.5 Å². The first-order valence-corrected chi connectivity index (χ1v) is 15.5. The first kappa shape index (κ1) is 32.1. The Kier molecular flexibility index (Phi) is 10.1. The first-order valence-electron chi connectivity index (χ1n) is 13.0. The molecule has 0 aliphatic carbocycles. The summed E-state index contributed by atoms with van der Waals surface area (Å²) in [7, 11) is -3.24. The van der Waals surface area contributed by atoms with E-state index in [0.717, 1.165) is 0 Å². The summed E-state index contributed by atoms with van der Waals surface area (Å²) in [6, 6.07) is 25.0. The average molecular weight is 676 g/mol. The summed E-state index contributed by atoms with van der Waals surface area (Å²) in [4.78, 5) is 13.6. The molecule has 0 fully saturated rings. The van der Waals surface area contributed by atoms with Gasteiger partial charge in [-0.2, -0.15) is 0 Å². The molecule has 10 nitrogen and oxygen atoms in total. The van der Waals surface area contributed by atoms with Crippen molar-refractivity contribution in [3.8, 4) is 23.0 Å². The second-order valence-electron chi connectivity index (χ2n) is 9.45. The predicted octanol–water partition coefficient (Wildman–Crippen LogP) is 9.46. The zero-order valence-electron chi connectivity index (χ0n) is 23.2. The molecule has 4 aromatic carbocycles. The van der Waals surface area contributed by atoms with Gasteiger partial charge < -0.3 is 13.9 Å². The van der Waals surface area contributed by atoms with Gasteiger partial charge in [-0.1, -0.05) is 64.7 Å². The van der Waals surface area contributed by atoms with E-state index in [1.807, 2.05) is 0 Å².